The van der Waals surface area contributed by atoms with Crippen LogP contribution in [0.15, 0.2) is 30.3 Å². The zero-order valence-electron chi connectivity index (χ0n) is 16.0. The number of hydrogen-bond acceptors (Lipinski definition) is 3. The van der Waals surface area contributed by atoms with Crippen molar-refractivity contribution in [3.05, 3.63) is 57.7 Å². The molecular formula is C21H21Cl2FN4O. The predicted octanol–water partition coefficient (Wildman–Crippen LogP) is 5.48. The number of carbonyl (C=O) groups excluding carboxylic acids is 1. The topological polar surface area (TPSA) is 61.9 Å². The number of nitrogens with zero attached hydrogens (tertiary/aromatic N) is 3. The van der Waals surface area contributed by atoms with Crippen LogP contribution in [0.4, 0.5) is 4.39 Å². The van der Waals surface area contributed by atoms with Crippen molar-refractivity contribution in [1.29, 1.82) is 0 Å². The van der Waals surface area contributed by atoms with E-state index in [1.54, 1.807) is 19.1 Å². The van der Waals surface area contributed by atoms with Crippen LogP contribution in [0.5, 0.6) is 0 Å². The number of hydrogen-bond donors (Lipinski definition) is 1. The second-order valence-corrected chi connectivity index (χ2v) is 8.44. The van der Waals surface area contributed by atoms with Gasteiger partial charge in [-0.25, -0.2) is 4.98 Å². The van der Waals surface area contributed by atoms with Gasteiger partial charge >= 0.3 is 0 Å². The van der Waals surface area contributed by atoms with E-state index in [4.69, 9.17) is 23.2 Å². The summed E-state index contributed by atoms with van der Waals surface area (Å²) in [6.45, 7) is 2.05. The number of pyridine rings is 1. The summed E-state index contributed by atoms with van der Waals surface area (Å²) < 4.78 is 13.4. The zero-order valence-corrected chi connectivity index (χ0v) is 17.5. The van der Waals surface area contributed by atoms with Crippen molar-refractivity contribution >= 4 is 40.3 Å². The number of halogens is 3. The second kappa shape index (κ2) is 8.28. The maximum Gasteiger partial charge on any atom is 0.219 e. The highest BCUT2D eigenvalue weighted by Crippen LogP contribution is 2.35. The highest BCUT2D eigenvalue weighted by atomic mass is 35.5. The molecular weight excluding hydrogens is 414 g/mol. The lowest BCUT2D eigenvalue weighted by atomic mass is 9.84. The van der Waals surface area contributed by atoms with Gasteiger partial charge in [0.2, 0.25) is 11.9 Å². The van der Waals surface area contributed by atoms with Crippen LogP contribution in [-0.2, 0) is 11.3 Å². The van der Waals surface area contributed by atoms with Crippen LogP contribution in [0.25, 0.3) is 11.2 Å². The Morgan fingerprint density at radius 1 is 1.21 bits per heavy atom. The quantitative estimate of drug-likeness (QED) is 0.552. The summed E-state index contributed by atoms with van der Waals surface area (Å²) in [5.41, 5.74) is 2.02. The number of aromatic nitrogens is 3. The molecule has 29 heavy (non-hydrogen) atoms. The Morgan fingerprint density at radius 2 is 1.97 bits per heavy atom. The van der Waals surface area contributed by atoms with Crippen LogP contribution < -0.4 is 0 Å². The number of H-pyrrole nitrogens is 1. The van der Waals surface area contributed by atoms with Crippen LogP contribution in [0, 0.1) is 5.95 Å². The van der Waals surface area contributed by atoms with Crippen molar-refractivity contribution in [1.82, 2.24) is 19.9 Å². The predicted molar refractivity (Wildman–Crippen MR) is 112 cm³/mol. The molecule has 2 heterocycles. The zero-order chi connectivity index (χ0) is 20.5. The van der Waals surface area contributed by atoms with E-state index in [0.29, 0.717) is 22.2 Å². The molecule has 0 spiro atoms. The molecule has 8 heteroatoms. The molecule has 0 radical (unpaired) electrons. The Kier molecular flexibility index (Phi) is 5.74. The number of rotatable bonds is 4. The second-order valence-electron chi connectivity index (χ2n) is 7.57. The number of benzene rings is 1. The fourth-order valence-corrected chi connectivity index (χ4v) is 4.74. The third-order valence-corrected chi connectivity index (χ3v) is 5.92. The van der Waals surface area contributed by atoms with Gasteiger partial charge in [-0.15, -0.1) is 0 Å². The number of fused-ring (bicyclic) bond motifs is 1. The molecule has 1 aliphatic rings. The lowest BCUT2D eigenvalue weighted by Crippen LogP contribution is -2.41. The van der Waals surface area contributed by atoms with Crippen LogP contribution in [0.1, 0.15) is 49.9 Å². The van der Waals surface area contributed by atoms with Gasteiger partial charge in [-0.05, 0) is 55.2 Å². The lowest BCUT2D eigenvalue weighted by molar-refractivity contribution is -0.132. The molecule has 3 aromatic rings. The van der Waals surface area contributed by atoms with Crippen LogP contribution in [0.2, 0.25) is 10.0 Å². The first-order valence-corrected chi connectivity index (χ1v) is 10.4. The van der Waals surface area contributed by atoms with Gasteiger partial charge in [-0.2, -0.15) is 9.37 Å². The SMILES string of the molecule is CC(=O)N(Cc1cc(Cl)cc(Cl)c1)C1CCCC(c2nc3nc(F)ccc3[nH]2)C1. The Morgan fingerprint density at radius 3 is 2.69 bits per heavy atom. The molecule has 1 N–H and O–H groups in total. The summed E-state index contributed by atoms with van der Waals surface area (Å²) >= 11 is 12.2. The van der Waals surface area contributed by atoms with Crippen LogP contribution in [-0.4, -0.2) is 31.8 Å². The number of nitrogens with one attached hydrogen (secondary N) is 1. The Balaban J connectivity index is 1.55. The summed E-state index contributed by atoms with van der Waals surface area (Å²) in [7, 11) is 0. The summed E-state index contributed by atoms with van der Waals surface area (Å²) in [6, 6.07) is 8.41. The molecule has 1 saturated carbocycles. The van der Waals surface area contributed by atoms with Crippen LogP contribution in [0.3, 0.4) is 0 Å². The highest BCUT2D eigenvalue weighted by Gasteiger charge is 2.30. The third-order valence-electron chi connectivity index (χ3n) is 5.48. The first kappa shape index (κ1) is 20.1. The Bertz CT molecular complexity index is 1030. The van der Waals surface area contributed by atoms with Gasteiger partial charge in [0.1, 0.15) is 5.82 Å². The van der Waals surface area contributed by atoms with Gasteiger partial charge in [0.15, 0.2) is 5.65 Å². The van der Waals surface area contributed by atoms with Crippen molar-refractivity contribution in [2.75, 3.05) is 0 Å². The fraction of sp³-hybridized carbons (Fsp3) is 0.381. The third kappa shape index (κ3) is 4.54. The summed E-state index contributed by atoms with van der Waals surface area (Å²) in [5.74, 6) is 0.438. The van der Waals surface area contributed by atoms with E-state index in [9.17, 15) is 9.18 Å². The fourth-order valence-electron chi connectivity index (χ4n) is 4.17. The van der Waals surface area contributed by atoms with Gasteiger partial charge in [0.25, 0.3) is 0 Å². The Hall–Kier alpha value is -2.18. The molecule has 1 amide bonds. The van der Waals surface area contributed by atoms with E-state index < -0.39 is 5.95 Å². The number of amides is 1. The maximum atomic E-state index is 13.4. The number of imidazole rings is 1. The van der Waals surface area contributed by atoms with Crippen LogP contribution >= 0.6 is 23.2 Å². The summed E-state index contributed by atoms with van der Waals surface area (Å²) in [5, 5.41) is 1.11. The van der Waals surface area contributed by atoms with E-state index in [1.807, 2.05) is 17.0 Å². The minimum Gasteiger partial charge on any atom is -0.340 e. The lowest BCUT2D eigenvalue weighted by Gasteiger charge is -2.36. The standard InChI is InChI=1S/C21H21Cl2FN4O/c1-12(29)28(11-13-7-15(22)10-16(23)8-13)17-4-2-3-14(9-17)20-25-18-5-6-19(24)26-21(18)27-20/h5-8,10,14,17H,2-4,9,11H2,1H3,(H,25,26,27). The van der Waals surface area contributed by atoms with Crippen molar-refractivity contribution in [2.45, 2.75) is 51.1 Å². The monoisotopic (exact) mass is 434 g/mol. The summed E-state index contributed by atoms with van der Waals surface area (Å²) in [4.78, 5) is 25.9. The smallest absolute Gasteiger partial charge is 0.219 e. The molecule has 0 aliphatic heterocycles. The molecule has 2 aromatic heterocycles. The number of carbonyl (C=O) groups is 1. The first-order valence-electron chi connectivity index (χ1n) is 9.63. The van der Waals surface area contributed by atoms with Crippen molar-refractivity contribution in [3.8, 4) is 0 Å². The van der Waals surface area contributed by atoms with Crippen molar-refractivity contribution in [2.24, 2.45) is 0 Å². The molecule has 1 fully saturated rings. The first-order chi connectivity index (χ1) is 13.9. The molecule has 4 rings (SSSR count). The van der Waals surface area contributed by atoms with Gasteiger partial charge in [-0.3, -0.25) is 4.79 Å². The molecule has 1 aromatic carbocycles. The Labute approximate surface area is 178 Å². The van der Waals surface area contributed by atoms with E-state index in [0.717, 1.165) is 42.6 Å². The minimum absolute atomic E-state index is 0.0140. The van der Waals surface area contributed by atoms with E-state index in [2.05, 4.69) is 15.0 Å². The van der Waals surface area contributed by atoms with E-state index in [1.165, 1.54) is 6.07 Å². The average molecular weight is 435 g/mol. The van der Waals surface area contributed by atoms with E-state index >= 15 is 0 Å². The van der Waals surface area contributed by atoms with Gasteiger partial charge < -0.3 is 9.88 Å². The average Bonchev–Trinajstić information content (AvgIpc) is 3.08. The number of aromatic amines is 1. The van der Waals surface area contributed by atoms with E-state index in [-0.39, 0.29) is 17.9 Å². The van der Waals surface area contributed by atoms with Gasteiger partial charge in [0.05, 0.1) is 5.52 Å². The summed E-state index contributed by atoms with van der Waals surface area (Å²) in [6.07, 6.45) is 3.66. The molecule has 152 valence electrons. The molecule has 2 unspecified atom stereocenters. The molecule has 0 bridgehead atoms. The van der Waals surface area contributed by atoms with Crippen molar-refractivity contribution < 1.29 is 9.18 Å². The normalized spacial score (nSPS) is 19.4. The highest BCUT2D eigenvalue weighted by molar-refractivity contribution is 6.34. The maximum absolute atomic E-state index is 13.4. The largest absolute Gasteiger partial charge is 0.340 e. The minimum atomic E-state index is -0.542. The molecule has 1 aliphatic carbocycles. The van der Waals surface area contributed by atoms with Gasteiger partial charge in [0, 0.05) is 35.5 Å². The molecule has 5 nitrogen and oxygen atoms in total. The van der Waals surface area contributed by atoms with Gasteiger partial charge in [-0.1, -0.05) is 29.6 Å². The molecule has 2 atom stereocenters. The molecule has 0 saturated heterocycles. The van der Waals surface area contributed by atoms with Crippen molar-refractivity contribution in [3.63, 3.8) is 0 Å².